The monoisotopic (exact) mass is 279 g/mol. The number of hydrogen-bond donors (Lipinski definition) is 0. The van der Waals surface area contributed by atoms with Gasteiger partial charge in [-0.1, -0.05) is 0 Å². The summed E-state index contributed by atoms with van der Waals surface area (Å²) >= 11 is 0. The molecule has 0 aromatic carbocycles. The van der Waals surface area contributed by atoms with Crippen molar-refractivity contribution in [2.24, 2.45) is 4.99 Å². The van der Waals surface area contributed by atoms with E-state index in [4.69, 9.17) is 18.9 Å². The summed E-state index contributed by atoms with van der Waals surface area (Å²) in [5.74, 6) is -0.590. The summed E-state index contributed by atoms with van der Waals surface area (Å²) in [5.41, 5.74) is 0.634. The van der Waals surface area contributed by atoms with Crippen LogP contribution in [-0.2, 0) is 14.2 Å². The van der Waals surface area contributed by atoms with Gasteiger partial charge in [0, 0.05) is 13.2 Å². The van der Waals surface area contributed by atoms with E-state index >= 15 is 0 Å². The van der Waals surface area contributed by atoms with E-state index in [2.05, 4.69) is 9.98 Å². The van der Waals surface area contributed by atoms with E-state index in [1.165, 1.54) is 0 Å². The predicted octanol–water partition coefficient (Wildman–Crippen LogP) is 0.223. The second-order valence-electron chi connectivity index (χ2n) is 5.64. The first-order valence-corrected chi connectivity index (χ1v) is 6.73. The highest BCUT2D eigenvalue weighted by molar-refractivity contribution is 5.08. The Kier molecular flexibility index (Phi) is 2.48. The molecule has 20 heavy (non-hydrogen) atoms. The lowest BCUT2D eigenvalue weighted by atomic mass is 10.1. The zero-order valence-electron chi connectivity index (χ0n) is 11.6. The van der Waals surface area contributed by atoms with Crippen LogP contribution in [0.5, 0.6) is 6.01 Å². The predicted molar refractivity (Wildman–Crippen MR) is 66.9 cm³/mol. The number of ether oxygens (including phenoxy) is 4. The Morgan fingerprint density at radius 1 is 1.35 bits per heavy atom. The van der Waals surface area contributed by atoms with Gasteiger partial charge in [0.2, 0.25) is 0 Å². The van der Waals surface area contributed by atoms with Crippen LogP contribution in [0, 0.1) is 0 Å². The molecule has 0 radical (unpaired) electrons. The Morgan fingerprint density at radius 3 is 2.95 bits per heavy atom. The van der Waals surface area contributed by atoms with Gasteiger partial charge in [-0.25, -0.2) is 0 Å². The van der Waals surface area contributed by atoms with Crippen molar-refractivity contribution in [3.63, 3.8) is 0 Å². The first kappa shape index (κ1) is 12.3. The highest BCUT2D eigenvalue weighted by Gasteiger charge is 2.57. The van der Waals surface area contributed by atoms with Gasteiger partial charge in [0.25, 0.3) is 0 Å². The van der Waals surface area contributed by atoms with Gasteiger partial charge in [-0.2, -0.15) is 4.98 Å². The van der Waals surface area contributed by atoms with E-state index in [9.17, 15) is 0 Å². The van der Waals surface area contributed by atoms with Crippen molar-refractivity contribution in [2.75, 3.05) is 13.7 Å². The topological polar surface area (TPSA) is 67.1 Å². The van der Waals surface area contributed by atoms with Crippen LogP contribution in [0.4, 0.5) is 0 Å². The summed E-state index contributed by atoms with van der Waals surface area (Å²) in [6.07, 6.45) is 1.20. The van der Waals surface area contributed by atoms with Crippen molar-refractivity contribution < 1.29 is 18.9 Å². The Bertz CT molecular complexity index is 612. The minimum Gasteiger partial charge on any atom is -0.462 e. The summed E-state index contributed by atoms with van der Waals surface area (Å²) in [4.78, 5) is 8.42. The van der Waals surface area contributed by atoms with Gasteiger partial charge in [0.15, 0.2) is 17.5 Å². The van der Waals surface area contributed by atoms with Crippen molar-refractivity contribution in [1.29, 1.82) is 0 Å². The van der Waals surface area contributed by atoms with E-state index in [0.29, 0.717) is 18.1 Å². The molecule has 2 saturated heterocycles. The molecule has 1 aromatic heterocycles. The molecule has 3 aliphatic rings. The fourth-order valence-corrected chi connectivity index (χ4v) is 3.00. The molecule has 1 aromatic rings. The summed E-state index contributed by atoms with van der Waals surface area (Å²) in [5, 5.41) is 0. The second-order valence-corrected chi connectivity index (χ2v) is 5.64. The standard InChI is InChI=1S/C13H17N3O4/c1-13(2)19-9-7-6-17-12-15-8(14-3)4-5-16(12)11(18-7)10(9)20-13/h4-5,7,9-11H,6H2,1-3H3/t7-,9-,10-,11-/m1/s1. The molecule has 108 valence electrons. The number of fused-ring (bicyclic) bond motifs is 7. The Hall–Kier alpha value is -1.44. The Labute approximate surface area is 116 Å². The van der Waals surface area contributed by atoms with Crippen molar-refractivity contribution in [3.8, 4) is 6.01 Å². The largest absolute Gasteiger partial charge is 0.462 e. The molecule has 0 N–H and O–H groups in total. The van der Waals surface area contributed by atoms with Gasteiger partial charge in [0.05, 0.1) is 0 Å². The van der Waals surface area contributed by atoms with E-state index in [-0.39, 0.29) is 24.5 Å². The number of nitrogens with zero attached hydrogens (tertiary/aromatic N) is 3. The third-order valence-electron chi connectivity index (χ3n) is 3.82. The molecule has 4 rings (SSSR count). The molecule has 4 atom stereocenters. The van der Waals surface area contributed by atoms with Gasteiger partial charge in [0.1, 0.15) is 24.9 Å². The van der Waals surface area contributed by atoms with Gasteiger partial charge >= 0.3 is 6.01 Å². The molecule has 3 aliphatic heterocycles. The molecule has 0 saturated carbocycles. The van der Waals surface area contributed by atoms with Crippen molar-refractivity contribution in [1.82, 2.24) is 9.55 Å². The zero-order chi connectivity index (χ0) is 13.9. The van der Waals surface area contributed by atoms with Crippen LogP contribution in [0.1, 0.15) is 20.1 Å². The fraction of sp³-hybridized carbons (Fsp3) is 0.692. The van der Waals surface area contributed by atoms with Crippen molar-refractivity contribution >= 4 is 0 Å². The maximum atomic E-state index is 6.00. The quantitative estimate of drug-likeness (QED) is 0.680. The van der Waals surface area contributed by atoms with Crippen LogP contribution in [0.3, 0.4) is 0 Å². The maximum absolute atomic E-state index is 6.00. The van der Waals surface area contributed by atoms with Crippen LogP contribution in [0.2, 0.25) is 0 Å². The first-order valence-electron chi connectivity index (χ1n) is 6.73. The van der Waals surface area contributed by atoms with E-state index in [1.54, 1.807) is 7.05 Å². The third kappa shape index (κ3) is 1.70. The summed E-state index contributed by atoms with van der Waals surface area (Å²) in [6, 6.07) is 2.33. The number of hydrogen-bond acceptors (Lipinski definition) is 6. The molecule has 7 heteroatoms. The number of rotatable bonds is 0. The minimum absolute atomic E-state index is 0.105. The molecule has 0 unspecified atom stereocenters. The zero-order valence-corrected chi connectivity index (χ0v) is 11.6. The molecule has 0 aliphatic carbocycles. The first-order chi connectivity index (χ1) is 9.57. The summed E-state index contributed by atoms with van der Waals surface area (Å²) in [6.45, 7) is 4.24. The van der Waals surface area contributed by atoms with Crippen LogP contribution in [0.15, 0.2) is 17.3 Å². The highest BCUT2D eigenvalue weighted by Crippen LogP contribution is 2.45. The Morgan fingerprint density at radius 2 is 2.15 bits per heavy atom. The fourth-order valence-electron chi connectivity index (χ4n) is 3.00. The van der Waals surface area contributed by atoms with Crippen molar-refractivity contribution in [3.05, 3.63) is 17.8 Å². The Balaban J connectivity index is 1.77. The minimum atomic E-state index is -0.590. The smallest absolute Gasteiger partial charge is 0.300 e. The van der Waals surface area contributed by atoms with Crippen LogP contribution < -0.4 is 10.2 Å². The molecule has 0 amide bonds. The lowest BCUT2D eigenvalue weighted by molar-refractivity contribution is -0.195. The van der Waals surface area contributed by atoms with Crippen LogP contribution in [0.25, 0.3) is 0 Å². The lowest BCUT2D eigenvalue weighted by Crippen LogP contribution is -2.35. The molecule has 7 nitrogen and oxygen atoms in total. The molecule has 2 fully saturated rings. The van der Waals surface area contributed by atoms with Crippen LogP contribution in [-0.4, -0.2) is 47.3 Å². The van der Waals surface area contributed by atoms with Gasteiger partial charge in [-0.3, -0.25) is 9.56 Å². The molecule has 4 heterocycles. The maximum Gasteiger partial charge on any atom is 0.300 e. The summed E-state index contributed by atoms with van der Waals surface area (Å²) < 4.78 is 25.5. The van der Waals surface area contributed by atoms with E-state index < -0.39 is 5.79 Å². The van der Waals surface area contributed by atoms with Crippen molar-refractivity contribution in [2.45, 2.75) is 44.2 Å². The lowest BCUT2D eigenvalue weighted by Gasteiger charge is -2.23. The van der Waals surface area contributed by atoms with E-state index in [1.807, 2.05) is 30.7 Å². The molecule has 2 bridgehead atoms. The average Bonchev–Trinajstić information content (AvgIpc) is 2.81. The van der Waals surface area contributed by atoms with Gasteiger partial charge in [-0.15, -0.1) is 0 Å². The highest BCUT2D eigenvalue weighted by atomic mass is 16.8. The number of aromatic nitrogens is 2. The average molecular weight is 279 g/mol. The second kappa shape index (κ2) is 4.03. The summed E-state index contributed by atoms with van der Waals surface area (Å²) in [7, 11) is 1.70. The van der Waals surface area contributed by atoms with Gasteiger partial charge in [-0.05, 0) is 19.9 Å². The van der Waals surface area contributed by atoms with E-state index in [0.717, 1.165) is 0 Å². The molecular weight excluding hydrogens is 262 g/mol. The normalized spacial score (nSPS) is 38.0. The third-order valence-corrected chi connectivity index (χ3v) is 3.82. The molecule has 0 spiro atoms. The molecular formula is C13H17N3O4. The van der Waals surface area contributed by atoms with Crippen LogP contribution >= 0.6 is 0 Å². The SMILES string of the molecule is CN=c1ccn2c(n1)OC[C@H]1O[C@@H]2[C@@H]2OC(C)(C)O[C@@H]21. The van der Waals surface area contributed by atoms with Gasteiger partial charge < -0.3 is 18.9 Å².